The van der Waals surface area contributed by atoms with Gasteiger partial charge in [0.25, 0.3) is 0 Å². The predicted molar refractivity (Wildman–Crippen MR) is 36.6 cm³/mol. The summed E-state index contributed by atoms with van der Waals surface area (Å²) in [6.45, 7) is 0. The van der Waals surface area contributed by atoms with Crippen molar-refractivity contribution in [1.29, 1.82) is 0 Å². The standard InChI is InChI=1S/C4H4OS.2K/c5-6-3-1-2-4-6;;/h1-4H;;. The van der Waals surface area contributed by atoms with Crippen LogP contribution in [0.15, 0.2) is 22.9 Å². The molecule has 0 bridgehead atoms. The maximum absolute atomic E-state index is 10.2. The molecule has 0 aliphatic heterocycles. The molecule has 0 spiro atoms. The van der Waals surface area contributed by atoms with E-state index in [-0.39, 0.29) is 103 Å². The Balaban J connectivity index is 0. The molecular weight excluding hydrogens is 174 g/mol. The molecule has 0 aliphatic carbocycles. The van der Waals surface area contributed by atoms with Crippen LogP contribution in [0.3, 0.4) is 0 Å². The van der Waals surface area contributed by atoms with Crippen molar-refractivity contribution in [3.63, 3.8) is 0 Å². The van der Waals surface area contributed by atoms with Gasteiger partial charge in [0.05, 0.1) is 0 Å². The van der Waals surface area contributed by atoms with Crippen molar-refractivity contribution in [3.05, 3.63) is 22.9 Å². The van der Waals surface area contributed by atoms with Gasteiger partial charge in [-0.3, -0.25) is 0 Å². The van der Waals surface area contributed by atoms with E-state index in [1.54, 1.807) is 22.9 Å². The Morgan fingerprint density at radius 1 is 1.00 bits per heavy atom. The molecule has 1 aromatic rings. The van der Waals surface area contributed by atoms with Gasteiger partial charge in [0.15, 0.2) is 0 Å². The zero-order valence-electron chi connectivity index (χ0n) is 5.13. The van der Waals surface area contributed by atoms with Crippen LogP contribution < -0.4 is 0 Å². The van der Waals surface area contributed by atoms with E-state index in [1.165, 1.54) is 0 Å². The monoisotopic (exact) mass is 178 g/mol. The van der Waals surface area contributed by atoms with Gasteiger partial charge >= 0.3 is 0 Å². The smallest absolute Gasteiger partial charge is 0.136 e. The largest absolute Gasteiger partial charge is 0.591 e. The summed E-state index contributed by atoms with van der Waals surface area (Å²) in [7, 11) is -0.784. The molecule has 0 aromatic carbocycles. The fourth-order valence-electron chi connectivity index (χ4n) is 0.291. The van der Waals surface area contributed by atoms with E-state index in [0.29, 0.717) is 0 Å². The fourth-order valence-corrected chi connectivity index (χ4v) is 0.873. The van der Waals surface area contributed by atoms with Crippen molar-refractivity contribution in [2.75, 3.05) is 0 Å². The molecule has 34 valence electrons. The molecule has 0 saturated heterocycles. The van der Waals surface area contributed by atoms with Crippen molar-refractivity contribution in [1.82, 2.24) is 0 Å². The van der Waals surface area contributed by atoms with Crippen LogP contribution in [0, 0.1) is 0 Å². The minimum absolute atomic E-state index is 0. The third kappa shape index (κ3) is 5.70. The first-order valence-corrected chi connectivity index (χ1v) is 2.91. The van der Waals surface area contributed by atoms with Crippen LogP contribution in [-0.4, -0.2) is 107 Å². The van der Waals surface area contributed by atoms with Crippen molar-refractivity contribution in [2.24, 2.45) is 0 Å². The first kappa shape index (κ1) is 13.5. The molecule has 0 unspecified atom stereocenters. The minimum atomic E-state index is -0.784. The zero-order chi connectivity index (χ0) is 4.41. The Morgan fingerprint density at radius 2 is 1.38 bits per heavy atom. The van der Waals surface area contributed by atoms with E-state index < -0.39 is 10.8 Å². The van der Waals surface area contributed by atoms with Crippen LogP contribution in [0.1, 0.15) is 0 Å². The molecule has 1 rings (SSSR count). The van der Waals surface area contributed by atoms with Gasteiger partial charge in [-0.1, -0.05) is 10.8 Å². The number of hydrogen-bond acceptors (Lipinski definition) is 1. The Hall–Kier alpha value is 2.93. The third-order valence-corrected chi connectivity index (χ3v) is 1.39. The average Bonchev–Trinajstić information content (AvgIpc) is 1.86. The van der Waals surface area contributed by atoms with E-state index in [9.17, 15) is 4.55 Å². The second-order valence-electron chi connectivity index (χ2n) is 0.986. The SMILES string of the molecule is [K].[K].[O-][s+]1cccc1. The van der Waals surface area contributed by atoms with E-state index in [0.717, 1.165) is 0 Å². The number of thiophene rings is 1. The van der Waals surface area contributed by atoms with Crippen LogP contribution >= 0.6 is 10.8 Å². The number of hydrogen-bond donors (Lipinski definition) is 0. The maximum Gasteiger partial charge on any atom is 0.136 e. The average molecular weight is 178 g/mol. The Morgan fingerprint density at radius 3 is 1.50 bits per heavy atom. The summed E-state index contributed by atoms with van der Waals surface area (Å²) in [5, 5.41) is 3.28. The summed E-state index contributed by atoms with van der Waals surface area (Å²) in [4.78, 5) is 0. The van der Waals surface area contributed by atoms with E-state index >= 15 is 0 Å². The topological polar surface area (TPSA) is 23.1 Å². The normalized spacial score (nSPS) is 6.62. The first-order valence-electron chi connectivity index (χ1n) is 1.64. The van der Waals surface area contributed by atoms with Crippen LogP contribution in [0.5, 0.6) is 0 Å². The molecule has 8 heavy (non-hydrogen) atoms. The molecule has 0 N–H and O–H groups in total. The van der Waals surface area contributed by atoms with E-state index in [2.05, 4.69) is 0 Å². The molecular formula is C4H4K2OS. The van der Waals surface area contributed by atoms with Crippen LogP contribution in [0.4, 0.5) is 0 Å². The van der Waals surface area contributed by atoms with Crippen LogP contribution in [0.25, 0.3) is 0 Å². The molecule has 0 aliphatic rings. The Labute approximate surface area is 137 Å². The maximum atomic E-state index is 10.2. The van der Waals surface area contributed by atoms with Gasteiger partial charge in [-0.05, 0) is 12.1 Å². The molecule has 2 radical (unpaired) electrons. The van der Waals surface area contributed by atoms with Crippen molar-refractivity contribution in [2.45, 2.75) is 0 Å². The minimum Gasteiger partial charge on any atom is -0.591 e. The second-order valence-corrected chi connectivity index (χ2v) is 2.19. The van der Waals surface area contributed by atoms with Gasteiger partial charge in [0, 0.05) is 103 Å². The molecule has 0 saturated carbocycles. The first-order chi connectivity index (χ1) is 2.89. The van der Waals surface area contributed by atoms with E-state index in [1.807, 2.05) is 0 Å². The Bertz CT molecular complexity index is 118. The molecule has 0 fully saturated rings. The quantitative estimate of drug-likeness (QED) is 0.423. The van der Waals surface area contributed by atoms with Gasteiger partial charge in [-0.2, -0.15) is 0 Å². The van der Waals surface area contributed by atoms with Crippen molar-refractivity contribution >= 4 is 114 Å². The van der Waals surface area contributed by atoms with Gasteiger partial charge in [0.2, 0.25) is 0 Å². The summed E-state index contributed by atoms with van der Waals surface area (Å²) < 4.78 is 10.2. The van der Waals surface area contributed by atoms with Gasteiger partial charge < -0.3 is 4.55 Å². The van der Waals surface area contributed by atoms with Gasteiger partial charge in [-0.25, -0.2) is 0 Å². The van der Waals surface area contributed by atoms with Crippen molar-refractivity contribution < 1.29 is 4.55 Å². The van der Waals surface area contributed by atoms with Crippen LogP contribution in [-0.2, 0) is 0 Å². The van der Waals surface area contributed by atoms with Crippen LogP contribution in [0.2, 0.25) is 0 Å². The molecule has 1 nitrogen and oxygen atoms in total. The second kappa shape index (κ2) is 8.03. The Kier molecular flexibility index (Phi) is 13.6. The summed E-state index contributed by atoms with van der Waals surface area (Å²) in [6.07, 6.45) is 0. The molecule has 1 heterocycles. The molecule has 0 atom stereocenters. The third-order valence-electron chi connectivity index (χ3n) is 0.536. The van der Waals surface area contributed by atoms with Gasteiger partial charge in [-0.15, -0.1) is 0 Å². The van der Waals surface area contributed by atoms with E-state index in [4.69, 9.17) is 0 Å². The zero-order valence-corrected chi connectivity index (χ0v) is 12.2. The summed E-state index contributed by atoms with van der Waals surface area (Å²) in [6, 6.07) is 3.55. The summed E-state index contributed by atoms with van der Waals surface area (Å²) >= 11 is 0. The fraction of sp³-hybridized carbons (Fsp3) is 0. The summed E-state index contributed by atoms with van der Waals surface area (Å²) in [5.74, 6) is 0. The molecule has 1 aromatic heterocycles. The summed E-state index contributed by atoms with van der Waals surface area (Å²) in [5.41, 5.74) is 0. The molecule has 4 heteroatoms. The van der Waals surface area contributed by atoms with Crippen molar-refractivity contribution in [3.8, 4) is 0 Å². The number of rotatable bonds is 0. The predicted octanol–water partition coefficient (Wildman–Crippen LogP) is 0.653. The van der Waals surface area contributed by atoms with Gasteiger partial charge in [0.1, 0.15) is 10.8 Å². The molecule has 0 amide bonds.